The number of guanidine groups is 1. The zero-order valence-corrected chi connectivity index (χ0v) is 15.3. The first kappa shape index (κ1) is 18.7. The number of rotatable bonds is 4. The van der Waals surface area contributed by atoms with Crippen molar-refractivity contribution in [1.29, 1.82) is 0 Å². The van der Waals surface area contributed by atoms with Crippen molar-refractivity contribution in [3.05, 3.63) is 28.5 Å². The van der Waals surface area contributed by atoms with Crippen LogP contribution < -0.4 is 4.72 Å². The molecular formula is C15H20ClFN4O2S. The van der Waals surface area contributed by atoms with Crippen molar-refractivity contribution < 1.29 is 12.8 Å². The second kappa shape index (κ2) is 7.48. The number of sulfonamides is 1. The van der Waals surface area contributed by atoms with E-state index in [9.17, 15) is 12.8 Å². The highest BCUT2D eigenvalue weighted by Crippen LogP contribution is 2.25. The molecule has 1 aromatic carbocycles. The molecule has 24 heavy (non-hydrogen) atoms. The zero-order chi connectivity index (χ0) is 17.9. The molecule has 0 amide bonds. The van der Waals surface area contributed by atoms with Crippen molar-refractivity contribution in [3.8, 4) is 0 Å². The molecule has 0 radical (unpaired) electrons. The van der Waals surface area contributed by atoms with Crippen LogP contribution in [0.15, 0.2) is 27.1 Å². The van der Waals surface area contributed by atoms with Crippen LogP contribution in [0.1, 0.15) is 25.8 Å². The second-order valence-corrected chi connectivity index (χ2v) is 7.49. The molecule has 0 spiro atoms. The van der Waals surface area contributed by atoms with E-state index in [1.54, 1.807) is 13.1 Å². The highest BCUT2D eigenvalue weighted by molar-refractivity contribution is 7.90. The van der Waals surface area contributed by atoms with Crippen molar-refractivity contribution in [3.63, 3.8) is 0 Å². The first-order chi connectivity index (χ1) is 11.3. The van der Waals surface area contributed by atoms with Crippen LogP contribution in [-0.2, 0) is 10.0 Å². The molecule has 0 fully saturated rings. The lowest BCUT2D eigenvalue weighted by Crippen LogP contribution is -2.41. The van der Waals surface area contributed by atoms with Gasteiger partial charge in [0.15, 0.2) is 0 Å². The van der Waals surface area contributed by atoms with Crippen LogP contribution in [0.3, 0.4) is 0 Å². The minimum absolute atomic E-state index is 0.0506. The van der Waals surface area contributed by atoms with Crippen molar-refractivity contribution in [2.75, 3.05) is 13.1 Å². The molecule has 1 aliphatic rings. The topological polar surface area (TPSA) is 74.1 Å². The molecule has 1 unspecified atom stereocenters. The Kier molecular flexibility index (Phi) is 5.82. The summed E-state index contributed by atoms with van der Waals surface area (Å²) in [6, 6.07) is 2.02. The standard InChI is InChI=1S/C15H20ClFN4O2S/c1-4-11-8-19-21(9-11)15(18-5-2)20-24(22,23)14-7-12(17)6-13(16)10(14)3/h6-8,11H,4-5,9H2,1-3H3,(H,18,20). The smallest absolute Gasteiger partial charge is 0.251 e. The Hall–Kier alpha value is -1.67. The molecule has 6 nitrogen and oxygen atoms in total. The summed E-state index contributed by atoms with van der Waals surface area (Å²) in [4.78, 5) is 3.96. The van der Waals surface area contributed by atoms with E-state index in [0.717, 1.165) is 18.6 Å². The number of hydrazone groups is 1. The third kappa shape index (κ3) is 4.05. The van der Waals surface area contributed by atoms with Crippen LogP contribution in [-0.4, -0.2) is 38.7 Å². The van der Waals surface area contributed by atoms with E-state index < -0.39 is 15.8 Å². The lowest BCUT2D eigenvalue weighted by atomic mass is 10.1. The first-order valence-corrected chi connectivity index (χ1v) is 9.49. The van der Waals surface area contributed by atoms with Crippen molar-refractivity contribution in [1.82, 2.24) is 9.73 Å². The van der Waals surface area contributed by atoms with Gasteiger partial charge in [0.05, 0.1) is 11.4 Å². The van der Waals surface area contributed by atoms with Gasteiger partial charge in [-0.15, -0.1) is 0 Å². The van der Waals surface area contributed by atoms with Gasteiger partial charge in [-0.05, 0) is 38.0 Å². The first-order valence-electron chi connectivity index (χ1n) is 7.63. The molecule has 1 aromatic rings. The molecule has 9 heteroatoms. The third-order valence-corrected chi connectivity index (χ3v) is 5.52. The summed E-state index contributed by atoms with van der Waals surface area (Å²) in [7, 11) is -4.04. The average molecular weight is 375 g/mol. The molecule has 0 saturated heterocycles. The van der Waals surface area contributed by atoms with Gasteiger partial charge in [-0.1, -0.05) is 18.5 Å². The quantitative estimate of drug-likeness (QED) is 0.650. The molecule has 2 rings (SSSR count). The fourth-order valence-corrected chi connectivity index (χ4v) is 3.82. The summed E-state index contributed by atoms with van der Waals surface area (Å²) in [5.41, 5.74) is 0.276. The largest absolute Gasteiger partial charge is 0.264 e. The molecule has 0 aliphatic carbocycles. The van der Waals surface area contributed by atoms with Gasteiger partial charge in [-0.3, -0.25) is 4.99 Å². The Morgan fingerprint density at radius 2 is 2.21 bits per heavy atom. The Balaban J connectivity index is 2.33. The molecule has 0 aromatic heterocycles. The Bertz CT molecular complexity index is 780. The summed E-state index contributed by atoms with van der Waals surface area (Å²) < 4.78 is 41.3. The maximum atomic E-state index is 13.6. The Morgan fingerprint density at radius 1 is 1.50 bits per heavy atom. The van der Waals surface area contributed by atoms with Crippen LogP contribution >= 0.6 is 11.6 Å². The molecule has 0 saturated carbocycles. The van der Waals surface area contributed by atoms with Crippen LogP contribution in [0, 0.1) is 18.7 Å². The summed E-state index contributed by atoms with van der Waals surface area (Å²) in [6.45, 7) is 6.26. The summed E-state index contributed by atoms with van der Waals surface area (Å²) in [5.74, 6) is -0.364. The van der Waals surface area contributed by atoms with Gasteiger partial charge in [-0.2, -0.15) is 5.10 Å². The highest BCUT2D eigenvalue weighted by Gasteiger charge is 2.26. The minimum atomic E-state index is -4.04. The number of nitrogens with zero attached hydrogens (tertiary/aromatic N) is 3. The number of hydrogen-bond acceptors (Lipinski definition) is 4. The predicted molar refractivity (Wildman–Crippen MR) is 93.4 cm³/mol. The number of nitrogens with one attached hydrogen (secondary N) is 1. The van der Waals surface area contributed by atoms with E-state index in [2.05, 4.69) is 14.8 Å². The van der Waals surface area contributed by atoms with E-state index in [1.165, 1.54) is 11.9 Å². The summed E-state index contributed by atoms with van der Waals surface area (Å²) in [6.07, 6.45) is 2.66. The number of hydrogen-bond donors (Lipinski definition) is 1. The lowest BCUT2D eigenvalue weighted by Gasteiger charge is -2.20. The normalized spacial score (nSPS) is 18.3. The van der Waals surface area contributed by atoms with E-state index >= 15 is 0 Å². The molecule has 1 N–H and O–H groups in total. The van der Waals surface area contributed by atoms with Crippen LogP contribution in [0.25, 0.3) is 0 Å². The van der Waals surface area contributed by atoms with Gasteiger partial charge in [0.25, 0.3) is 10.0 Å². The maximum absolute atomic E-state index is 13.6. The van der Waals surface area contributed by atoms with E-state index in [4.69, 9.17) is 11.6 Å². The number of aliphatic imine (C=N–C) groups is 1. The molecule has 0 bridgehead atoms. The second-order valence-electron chi connectivity index (χ2n) is 5.43. The minimum Gasteiger partial charge on any atom is -0.251 e. The molecule has 1 aliphatic heterocycles. The van der Waals surface area contributed by atoms with Gasteiger partial charge >= 0.3 is 0 Å². The number of halogens is 2. The summed E-state index contributed by atoms with van der Waals surface area (Å²) in [5, 5.41) is 5.75. The van der Waals surface area contributed by atoms with Crippen molar-refractivity contribution in [2.45, 2.75) is 32.1 Å². The van der Waals surface area contributed by atoms with Crippen LogP contribution in [0.4, 0.5) is 4.39 Å². The zero-order valence-electron chi connectivity index (χ0n) is 13.8. The van der Waals surface area contributed by atoms with E-state index in [0.29, 0.717) is 13.1 Å². The monoisotopic (exact) mass is 374 g/mol. The maximum Gasteiger partial charge on any atom is 0.264 e. The van der Waals surface area contributed by atoms with Crippen molar-refractivity contribution >= 4 is 33.8 Å². The summed E-state index contributed by atoms with van der Waals surface area (Å²) >= 11 is 5.89. The average Bonchev–Trinajstić information content (AvgIpc) is 2.99. The molecular weight excluding hydrogens is 355 g/mol. The van der Waals surface area contributed by atoms with Crippen LogP contribution in [0.5, 0.6) is 0 Å². The Morgan fingerprint density at radius 3 is 2.79 bits per heavy atom. The van der Waals surface area contributed by atoms with Crippen LogP contribution in [0.2, 0.25) is 5.02 Å². The van der Waals surface area contributed by atoms with Gasteiger partial charge in [0, 0.05) is 23.7 Å². The lowest BCUT2D eigenvalue weighted by molar-refractivity contribution is 0.429. The predicted octanol–water partition coefficient (Wildman–Crippen LogP) is 2.77. The molecule has 132 valence electrons. The van der Waals surface area contributed by atoms with Gasteiger partial charge in [-0.25, -0.2) is 22.5 Å². The van der Waals surface area contributed by atoms with Gasteiger partial charge in [0.1, 0.15) is 5.82 Å². The SMILES string of the molecule is CCN=C(NS(=O)(=O)c1cc(F)cc(Cl)c1C)N1CC(CC)C=N1. The van der Waals surface area contributed by atoms with E-state index in [1.807, 2.05) is 6.92 Å². The van der Waals surface area contributed by atoms with Crippen molar-refractivity contribution in [2.24, 2.45) is 16.0 Å². The fraction of sp³-hybridized carbons (Fsp3) is 0.467. The molecule has 1 atom stereocenters. The third-order valence-electron chi connectivity index (χ3n) is 3.68. The molecule has 1 heterocycles. The Labute approximate surface area is 146 Å². The van der Waals surface area contributed by atoms with Gasteiger partial charge in [0.2, 0.25) is 5.96 Å². The number of benzene rings is 1. The van der Waals surface area contributed by atoms with E-state index in [-0.39, 0.29) is 27.4 Å². The highest BCUT2D eigenvalue weighted by atomic mass is 35.5. The van der Waals surface area contributed by atoms with Gasteiger partial charge < -0.3 is 0 Å². The fourth-order valence-electron chi connectivity index (χ4n) is 2.26.